The Morgan fingerprint density at radius 3 is 1.25 bits per heavy atom. The summed E-state index contributed by atoms with van der Waals surface area (Å²) in [6.07, 6.45) is 0. The molecule has 0 saturated heterocycles. The van der Waals surface area contributed by atoms with Gasteiger partial charge < -0.3 is 0 Å². The van der Waals surface area contributed by atoms with Gasteiger partial charge in [0, 0.05) is 0 Å². The van der Waals surface area contributed by atoms with E-state index in [1.54, 1.807) is 0 Å². The van der Waals surface area contributed by atoms with E-state index in [2.05, 4.69) is 24.9 Å². The van der Waals surface area contributed by atoms with Gasteiger partial charge in [0.05, 0.1) is 0 Å². The fourth-order valence-electron chi connectivity index (χ4n) is 0. The average molecular weight is 146 g/mol. The molecule has 0 fully saturated rings. The second kappa shape index (κ2) is 32.9. The third kappa shape index (κ3) is 11.4. The van der Waals surface area contributed by atoms with Crippen LogP contribution in [0.2, 0.25) is 0 Å². The van der Waals surface area contributed by atoms with Crippen LogP contribution in [0, 0.1) is 0 Å². The van der Waals surface area contributed by atoms with Crippen molar-refractivity contribution in [3.8, 4) is 0 Å². The average Bonchev–Trinajstić information content (AvgIpc) is 1.00. The van der Waals surface area contributed by atoms with Gasteiger partial charge in [-0.3, -0.25) is 0 Å². The van der Waals surface area contributed by atoms with E-state index < -0.39 is 0 Å². The van der Waals surface area contributed by atoms with Crippen molar-refractivity contribution in [2.24, 2.45) is 0 Å². The van der Waals surface area contributed by atoms with Crippen molar-refractivity contribution in [1.82, 2.24) is 0 Å². The van der Waals surface area contributed by atoms with Crippen LogP contribution >= 0.6 is 24.0 Å². The first kappa shape index (κ1) is 19.5. The second-order valence-corrected chi connectivity index (χ2v) is 0. The van der Waals surface area contributed by atoms with Crippen LogP contribution in [0.15, 0.2) is 0 Å². The normalized spacial score (nSPS) is 1.50. The van der Waals surface area contributed by atoms with Gasteiger partial charge in [0.1, 0.15) is 0 Å². The van der Waals surface area contributed by atoms with Crippen LogP contribution in [0.4, 0.5) is 0 Å². The molecule has 0 amide bonds. The van der Waals surface area contributed by atoms with Crippen LogP contribution in [-0.4, -0.2) is 0 Å². The van der Waals surface area contributed by atoms with Crippen molar-refractivity contribution in [3.63, 3.8) is 0 Å². The number of hydrogen-bond donors (Lipinski definition) is 0. The van der Waals surface area contributed by atoms with E-state index in [0.29, 0.717) is 0 Å². The first-order chi connectivity index (χ1) is 1.00. The summed E-state index contributed by atoms with van der Waals surface area (Å²) in [4.78, 5) is 0. The van der Waals surface area contributed by atoms with Crippen molar-refractivity contribution in [2.75, 3.05) is 0 Å². The fourth-order valence-corrected chi connectivity index (χ4v) is 0. The summed E-state index contributed by atoms with van der Waals surface area (Å²) in [5.41, 5.74) is 0. The molecule has 0 N–H and O–H groups in total. The Balaban J connectivity index is -0.00000000500. The first-order valence-electron chi connectivity index (χ1n) is 0.123. The van der Waals surface area contributed by atoms with E-state index >= 15 is 0 Å². The molecule has 0 heterocycles. The molecule has 0 aromatic heterocycles. The summed E-state index contributed by atoms with van der Waals surface area (Å²) in [5, 5.41) is 0. The second-order valence-electron chi connectivity index (χ2n) is 0. The molecule has 0 aromatic carbocycles. The molecule has 0 aromatic rings. The third-order valence-electron chi connectivity index (χ3n) is 0. The quantitative estimate of drug-likeness (QED) is 0.465. The zero-order valence-corrected chi connectivity index (χ0v) is 3.97. The predicted molar refractivity (Wildman–Crippen MR) is 24.7 cm³/mol. The molecule has 33 valence electrons. The first-order valence-corrected chi connectivity index (χ1v) is 1.52. The van der Waals surface area contributed by atoms with Gasteiger partial charge in [-0.15, -0.1) is 0 Å². The van der Waals surface area contributed by atoms with Gasteiger partial charge >= 0.3 is 24.9 Å². The van der Waals surface area contributed by atoms with Crippen LogP contribution in [0.1, 0.15) is 7.43 Å². The summed E-state index contributed by atoms with van der Waals surface area (Å²) < 4.78 is 0. The molecule has 0 aliphatic carbocycles. The van der Waals surface area contributed by atoms with E-state index in [-0.39, 0.29) is 20.9 Å². The van der Waals surface area contributed by atoms with Crippen molar-refractivity contribution < 1.29 is 14.4 Å². The SMILES string of the molecule is C.S.[S]=[Cu]. The molecule has 0 spiro atoms. The molecule has 0 radical (unpaired) electrons. The summed E-state index contributed by atoms with van der Waals surface area (Å²) in [6.45, 7) is 0. The third-order valence-corrected chi connectivity index (χ3v) is 0. The van der Waals surface area contributed by atoms with Gasteiger partial charge in [0.2, 0.25) is 0 Å². The van der Waals surface area contributed by atoms with Crippen LogP contribution in [0.5, 0.6) is 0 Å². The topological polar surface area (TPSA) is 0 Å². The number of rotatable bonds is 0. The van der Waals surface area contributed by atoms with E-state index in [0.717, 1.165) is 0 Å². The number of hydrogen-bond acceptors (Lipinski definition) is 1. The molecule has 0 aliphatic heterocycles. The summed E-state index contributed by atoms with van der Waals surface area (Å²) in [6, 6.07) is 0. The van der Waals surface area contributed by atoms with Gasteiger partial charge in [0.25, 0.3) is 0 Å². The standard InChI is InChI=1S/CH4.Cu.H2S.S/h1H4;;1H2;. The minimum absolute atomic E-state index is 0. The molecule has 0 atom stereocenters. The zero-order chi connectivity index (χ0) is 2.00. The van der Waals surface area contributed by atoms with Gasteiger partial charge in [-0.05, 0) is 0 Å². The Kier molecular flexibility index (Phi) is 160. The van der Waals surface area contributed by atoms with E-state index in [4.69, 9.17) is 0 Å². The molecule has 4 heavy (non-hydrogen) atoms. The molecule has 0 unspecified atom stereocenters. The zero-order valence-electron chi connectivity index (χ0n) is 1.21. The van der Waals surface area contributed by atoms with Crippen molar-refractivity contribution >= 4 is 24.0 Å². The van der Waals surface area contributed by atoms with Crippen molar-refractivity contribution in [3.05, 3.63) is 0 Å². The summed E-state index contributed by atoms with van der Waals surface area (Å²) in [7, 11) is 3.65. The van der Waals surface area contributed by atoms with Crippen LogP contribution < -0.4 is 0 Å². The molecule has 0 nitrogen and oxygen atoms in total. The maximum atomic E-state index is 3.77. The molecule has 0 rings (SSSR count). The van der Waals surface area contributed by atoms with Gasteiger partial charge in [-0.25, -0.2) is 0 Å². The molecule has 0 aliphatic rings. The monoisotopic (exact) mass is 145 g/mol. The molecule has 0 bridgehead atoms. The fraction of sp³-hybridized carbons (Fsp3) is 1.00. The molecular formula is CH6CuS2. The molecule has 3 heteroatoms. The van der Waals surface area contributed by atoms with E-state index in [1.165, 1.54) is 0 Å². The minimum atomic E-state index is 0. The van der Waals surface area contributed by atoms with E-state index in [1.807, 2.05) is 0 Å². The van der Waals surface area contributed by atoms with Crippen LogP contribution in [-0.2, 0) is 14.4 Å². The van der Waals surface area contributed by atoms with Crippen molar-refractivity contribution in [1.29, 1.82) is 0 Å². The predicted octanol–water partition coefficient (Wildman–Crippen LogP) is 1.39. The van der Waals surface area contributed by atoms with Crippen LogP contribution in [0.3, 0.4) is 0 Å². The Morgan fingerprint density at radius 1 is 1.25 bits per heavy atom. The van der Waals surface area contributed by atoms with Gasteiger partial charge in [-0.1, -0.05) is 7.43 Å². The maximum absolute atomic E-state index is 3.77. The Morgan fingerprint density at radius 2 is 1.25 bits per heavy atom. The Labute approximate surface area is 46.1 Å². The summed E-state index contributed by atoms with van der Waals surface area (Å²) >= 11 is 3.77. The van der Waals surface area contributed by atoms with Gasteiger partial charge in [0.15, 0.2) is 0 Å². The summed E-state index contributed by atoms with van der Waals surface area (Å²) in [5.74, 6) is 0. The van der Waals surface area contributed by atoms with Crippen molar-refractivity contribution in [2.45, 2.75) is 7.43 Å². The Bertz CT molecular complexity index is 6.00. The van der Waals surface area contributed by atoms with Gasteiger partial charge in [-0.2, -0.15) is 13.5 Å². The molecule has 0 saturated carbocycles. The Hall–Kier alpha value is 1.09. The van der Waals surface area contributed by atoms with Crippen LogP contribution in [0.25, 0.3) is 0 Å². The molecular weight excluding hydrogens is 140 g/mol. The van der Waals surface area contributed by atoms with E-state index in [9.17, 15) is 0 Å².